The van der Waals surface area contributed by atoms with E-state index in [1.807, 2.05) is 38.4 Å². The lowest BCUT2D eigenvalue weighted by Gasteiger charge is -2.13. The highest BCUT2D eigenvalue weighted by molar-refractivity contribution is 6.42. The van der Waals surface area contributed by atoms with E-state index in [4.69, 9.17) is 23.2 Å². The van der Waals surface area contributed by atoms with Gasteiger partial charge in [0.05, 0.1) is 10.0 Å². The fraction of sp³-hybridized carbons (Fsp3) is 0.125. The second kappa shape index (κ2) is 8.05. The minimum atomic E-state index is -0.969. The van der Waals surface area contributed by atoms with Gasteiger partial charge in [-0.15, -0.1) is 0 Å². The van der Waals surface area contributed by atoms with E-state index in [0.717, 1.165) is 33.3 Å². The number of fused-ring (bicyclic) bond motifs is 1. The number of anilines is 1. The van der Waals surface area contributed by atoms with E-state index in [9.17, 15) is 9.90 Å². The quantitative estimate of drug-likeness (QED) is 0.390. The summed E-state index contributed by atoms with van der Waals surface area (Å²) in [7, 11) is 4.01. The Balaban J connectivity index is 1.76. The Morgan fingerprint density at radius 2 is 1.60 bits per heavy atom. The number of carbonyl (C=O) groups is 1. The zero-order valence-corrected chi connectivity index (χ0v) is 18.1. The maximum absolute atomic E-state index is 11.9. The van der Waals surface area contributed by atoms with Gasteiger partial charge in [-0.1, -0.05) is 47.5 Å². The van der Waals surface area contributed by atoms with Crippen molar-refractivity contribution in [2.75, 3.05) is 19.0 Å². The Bertz CT molecular complexity index is 1240. The van der Waals surface area contributed by atoms with Crippen LogP contribution in [0.25, 0.3) is 22.0 Å². The molecule has 6 heteroatoms. The van der Waals surface area contributed by atoms with Gasteiger partial charge in [0.1, 0.15) is 5.69 Å². The molecule has 0 saturated carbocycles. The fourth-order valence-corrected chi connectivity index (χ4v) is 3.89. The number of rotatable bonds is 5. The van der Waals surface area contributed by atoms with E-state index >= 15 is 0 Å². The summed E-state index contributed by atoms with van der Waals surface area (Å²) in [5.74, 6) is -0.969. The number of aromatic nitrogens is 1. The highest BCUT2D eigenvalue weighted by Crippen LogP contribution is 2.30. The Morgan fingerprint density at radius 3 is 2.23 bits per heavy atom. The average Bonchev–Trinajstić information content (AvgIpc) is 3.09. The first-order valence-corrected chi connectivity index (χ1v) is 10.2. The topological polar surface area (TPSA) is 45.5 Å². The second-order valence-electron chi connectivity index (χ2n) is 7.38. The highest BCUT2D eigenvalue weighted by Gasteiger charge is 2.16. The Labute approximate surface area is 184 Å². The van der Waals surface area contributed by atoms with E-state index in [1.54, 1.807) is 22.8 Å². The molecule has 1 heterocycles. The summed E-state index contributed by atoms with van der Waals surface area (Å²) in [6.07, 6.45) is 0. The standard InChI is InChI=1S/C24H20Cl2N2O2/c1-27(2)19-7-4-16(5-8-19)17-6-10-22-18(12-17)13-23(24(29)30)28(22)14-15-3-9-20(25)21(26)11-15/h3-13H,14H2,1-2H3,(H,29,30). The molecule has 3 aromatic carbocycles. The van der Waals surface area contributed by atoms with Gasteiger partial charge in [0, 0.05) is 37.2 Å². The number of carboxylic acids is 1. The molecule has 1 N–H and O–H groups in total. The highest BCUT2D eigenvalue weighted by atomic mass is 35.5. The lowest BCUT2D eigenvalue weighted by atomic mass is 10.0. The zero-order chi connectivity index (χ0) is 21.4. The monoisotopic (exact) mass is 438 g/mol. The normalized spacial score (nSPS) is 11.1. The molecule has 30 heavy (non-hydrogen) atoms. The Hall–Kier alpha value is -2.95. The van der Waals surface area contributed by atoms with E-state index in [1.165, 1.54) is 0 Å². The molecule has 1 aromatic heterocycles. The molecule has 4 rings (SSSR count). The molecule has 0 spiro atoms. The first-order valence-electron chi connectivity index (χ1n) is 9.42. The minimum absolute atomic E-state index is 0.233. The number of carboxylic acid groups (broad SMARTS) is 1. The molecule has 0 aliphatic rings. The summed E-state index contributed by atoms with van der Waals surface area (Å²) in [6, 6.07) is 21.3. The average molecular weight is 439 g/mol. The van der Waals surface area contributed by atoms with Gasteiger partial charge in [0.2, 0.25) is 0 Å². The third-order valence-corrected chi connectivity index (χ3v) is 5.90. The van der Waals surface area contributed by atoms with Crippen LogP contribution in [0, 0.1) is 0 Å². The summed E-state index contributed by atoms with van der Waals surface area (Å²) >= 11 is 12.1. The van der Waals surface area contributed by atoms with Gasteiger partial charge in [0.25, 0.3) is 0 Å². The van der Waals surface area contributed by atoms with Crippen LogP contribution in [0.5, 0.6) is 0 Å². The number of hydrogen-bond donors (Lipinski definition) is 1. The molecule has 0 atom stereocenters. The molecule has 0 radical (unpaired) electrons. The Kier molecular flexibility index (Phi) is 5.46. The van der Waals surface area contributed by atoms with Crippen LogP contribution in [0.3, 0.4) is 0 Å². The molecular weight excluding hydrogens is 419 g/mol. The molecule has 0 unspecified atom stereocenters. The lowest BCUT2D eigenvalue weighted by molar-refractivity contribution is 0.0686. The summed E-state index contributed by atoms with van der Waals surface area (Å²) in [6.45, 7) is 0.388. The van der Waals surface area contributed by atoms with Crippen LogP contribution in [0.4, 0.5) is 5.69 Å². The molecule has 0 fully saturated rings. The summed E-state index contributed by atoms with van der Waals surface area (Å²) in [5, 5.41) is 11.5. The first-order chi connectivity index (χ1) is 14.3. The number of halogens is 2. The first kappa shape index (κ1) is 20.3. The third-order valence-electron chi connectivity index (χ3n) is 5.16. The summed E-state index contributed by atoms with van der Waals surface area (Å²) in [5.41, 5.74) is 5.21. The number of nitrogens with zero attached hydrogens (tertiary/aromatic N) is 2. The number of aromatic carboxylic acids is 1. The predicted molar refractivity (Wildman–Crippen MR) is 124 cm³/mol. The maximum atomic E-state index is 11.9. The molecule has 0 amide bonds. The minimum Gasteiger partial charge on any atom is -0.477 e. The Morgan fingerprint density at radius 1 is 0.900 bits per heavy atom. The smallest absolute Gasteiger partial charge is 0.352 e. The van der Waals surface area contributed by atoms with Crippen molar-refractivity contribution in [3.63, 3.8) is 0 Å². The lowest BCUT2D eigenvalue weighted by Crippen LogP contribution is -2.09. The van der Waals surface area contributed by atoms with Crippen molar-refractivity contribution in [3.8, 4) is 11.1 Å². The summed E-state index contributed by atoms with van der Waals surface area (Å²) in [4.78, 5) is 13.9. The van der Waals surface area contributed by atoms with Crippen LogP contribution in [0.1, 0.15) is 16.1 Å². The van der Waals surface area contributed by atoms with Gasteiger partial charge in [-0.25, -0.2) is 4.79 Å². The van der Waals surface area contributed by atoms with E-state index in [-0.39, 0.29) is 5.69 Å². The molecule has 0 bridgehead atoms. The van der Waals surface area contributed by atoms with Crippen molar-refractivity contribution in [1.29, 1.82) is 0 Å². The SMILES string of the molecule is CN(C)c1ccc(-c2ccc3c(c2)cc(C(=O)O)n3Cc2ccc(Cl)c(Cl)c2)cc1. The predicted octanol–water partition coefficient (Wildman–Crippen LogP) is 6.43. The van der Waals surface area contributed by atoms with Crippen molar-refractivity contribution in [2.24, 2.45) is 0 Å². The fourth-order valence-electron chi connectivity index (χ4n) is 3.57. The van der Waals surface area contributed by atoms with Gasteiger partial charge in [0.15, 0.2) is 0 Å². The van der Waals surface area contributed by atoms with Crippen LogP contribution in [0.15, 0.2) is 66.7 Å². The van der Waals surface area contributed by atoms with Crippen molar-refractivity contribution < 1.29 is 9.90 Å². The zero-order valence-electron chi connectivity index (χ0n) is 16.6. The van der Waals surface area contributed by atoms with Gasteiger partial charge in [-0.05, 0) is 59.2 Å². The van der Waals surface area contributed by atoms with Crippen molar-refractivity contribution in [2.45, 2.75) is 6.54 Å². The van der Waals surface area contributed by atoms with E-state index in [2.05, 4.69) is 29.2 Å². The van der Waals surface area contributed by atoms with Crippen LogP contribution in [-0.2, 0) is 6.54 Å². The van der Waals surface area contributed by atoms with Gasteiger partial charge in [-0.3, -0.25) is 0 Å². The molecule has 4 nitrogen and oxygen atoms in total. The number of benzene rings is 3. The third kappa shape index (κ3) is 3.89. The van der Waals surface area contributed by atoms with E-state index in [0.29, 0.717) is 16.6 Å². The molecule has 0 aliphatic carbocycles. The molecule has 0 saturated heterocycles. The molecule has 152 valence electrons. The molecule has 0 aliphatic heterocycles. The van der Waals surface area contributed by atoms with Crippen LogP contribution in [0.2, 0.25) is 10.0 Å². The number of hydrogen-bond acceptors (Lipinski definition) is 2. The van der Waals surface area contributed by atoms with Gasteiger partial charge in [-0.2, -0.15) is 0 Å². The maximum Gasteiger partial charge on any atom is 0.352 e. The van der Waals surface area contributed by atoms with E-state index < -0.39 is 5.97 Å². The molecular formula is C24H20Cl2N2O2. The largest absolute Gasteiger partial charge is 0.477 e. The van der Waals surface area contributed by atoms with Gasteiger partial charge >= 0.3 is 5.97 Å². The summed E-state index contributed by atoms with van der Waals surface area (Å²) < 4.78 is 1.79. The van der Waals surface area contributed by atoms with Crippen molar-refractivity contribution in [1.82, 2.24) is 4.57 Å². The van der Waals surface area contributed by atoms with Crippen molar-refractivity contribution in [3.05, 3.63) is 88.0 Å². The van der Waals surface area contributed by atoms with Crippen LogP contribution < -0.4 is 4.90 Å². The second-order valence-corrected chi connectivity index (χ2v) is 8.20. The van der Waals surface area contributed by atoms with Crippen LogP contribution >= 0.6 is 23.2 Å². The molecule has 4 aromatic rings. The van der Waals surface area contributed by atoms with Crippen molar-refractivity contribution >= 4 is 45.8 Å². The van der Waals surface area contributed by atoms with Gasteiger partial charge < -0.3 is 14.6 Å². The van der Waals surface area contributed by atoms with Crippen LogP contribution in [-0.4, -0.2) is 29.7 Å².